The smallest absolute Gasteiger partial charge is 0.336 e. The van der Waals surface area contributed by atoms with Crippen LogP contribution in [-0.4, -0.2) is 30.6 Å². The zero-order valence-corrected chi connectivity index (χ0v) is 14.6. The van der Waals surface area contributed by atoms with E-state index < -0.39 is 5.63 Å². The van der Waals surface area contributed by atoms with Crippen LogP contribution < -0.4 is 5.63 Å². The highest BCUT2D eigenvalue weighted by Crippen LogP contribution is 2.28. The summed E-state index contributed by atoms with van der Waals surface area (Å²) in [7, 11) is 1.40. The third-order valence-corrected chi connectivity index (χ3v) is 4.94. The van der Waals surface area contributed by atoms with Gasteiger partial charge in [-0.2, -0.15) is 0 Å². The van der Waals surface area contributed by atoms with Crippen LogP contribution in [0.15, 0.2) is 27.4 Å². The fourth-order valence-electron chi connectivity index (χ4n) is 3.33. The molecule has 1 aliphatic rings. The van der Waals surface area contributed by atoms with Gasteiger partial charge in [0, 0.05) is 23.0 Å². The number of hydrogen-bond acceptors (Lipinski definition) is 5. The zero-order valence-electron chi connectivity index (χ0n) is 13.8. The summed E-state index contributed by atoms with van der Waals surface area (Å²) in [6.45, 7) is 3.28. The summed E-state index contributed by atoms with van der Waals surface area (Å²) in [5.41, 5.74) is 1.91. The van der Waals surface area contributed by atoms with E-state index in [4.69, 9.17) is 20.8 Å². The Morgan fingerprint density at radius 1 is 1.38 bits per heavy atom. The summed E-state index contributed by atoms with van der Waals surface area (Å²) < 4.78 is 10.2. The number of carbonyl (C=O) groups is 1. The molecule has 1 unspecified atom stereocenters. The second-order valence-electron chi connectivity index (χ2n) is 6.04. The molecule has 0 spiro atoms. The van der Waals surface area contributed by atoms with Crippen molar-refractivity contribution >= 4 is 28.5 Å². The monoisotopic (exact) mass is 349 g/mol. The molecule has 5 nitrogen and oxygen atoms in total. The predicted octanol–water partition coefficient (Wildman–Crippen LogP) is 3.15. The maximum atomic E-state index is 11.9. The first-order chi connectivity index (χ1) is 11.5. The lowest BCUT2D eigenvalue weighted by molar-refractivity contribution is -0.146. The third-order valence-electron chi connectivity index (χ3n) is 4.59. The van der Waals surface area contributed by atoms with Gasteiger partial charge in [0.15, 0.2) is 0 Å². The average Bonchev–Trinajstić information content (AvgIpc) is 3.02. The van der Waals surface area contributed by atoms with Crippen LogP contribution in [-0.2, 0) is 22.5 Å². The van der Waals surface area contributed by atoms with Crippen molar-refractivity contribution in [1.82, 2.24) is 4.90 Å². The average molecular weight is 350 g/mol. The van der Waals surface area contributed by atoms with E-state index in [1.807, 2.05) is 24.0 Å². The van der Waals surface area contributed by atoms with Crippen LogP contribution in [0.5, 0.6) is 0 Å². The summed E-state index contributed by atoms with van der Waals surface area (Å²) in [5.74, 6) is -0.230. The molecule has 128 valence electrons. The van der Waals surface area contributed by atoms with Crippen LogP contribution in [0.3, 0.4) is 0 Å². The van der Waals surface area contributed by atoms with Crippen molar-refractivity contribution in [3.05, 3.63) is 44.8 Å². The number of carbonyl (C=O) groups excluding carboxylic acids is 1. The number of esters is 1. The van der Waals surface area contributed by atoms with Gasteiger partial charge in [0.05, 0.1) is 7.11 Å². The lowest BCUT2D eigenvalue weighted by Gasteiger charge is -2.22. The molecular weight excluding hydrogens is 330 g/mol. The Morgan fingerprint density at radius 3 is 2.88 bits per heavy atom. The van der Waals surface area contributed by atoms with E-state index in [2.05, 4.69) is 0 Å². The fourth-order valence-corrected chi connectivity index (χ4v) is 3.62. The van der Waals surface area contributed by atoms with Gasteiger partial charge in [0.2, 0.25) is 0 Å². The molecule has 1 saturated heterocycles. The van der Waals surface area contributed by atoms with Gasteiger partial charge in [-0.3, -0.25) is 9.69 Å². The Morgan fingerprint density at radius 2 is 2.17 bits per heavy atom. The van der Waals surface area contributed by atoms with Crippen molar-refractivity contribution in [3.8, 4) is 0 Å². The summed E-state index contributed by atoms with van der Waals surface area (Å²) in [6, 6.07) is 4.89. The highest BCUT2D eigenvalue weighted by Gasteiger charge is 2.31. The van der Waals surface area contributed by atoms with E-state index in [1.54, 1.807) is 0 Å². The van der Waals surface area contributed by atoms with Gasteiger partial charge in [0.1, 0.15) is 11.6 Å². The van der Waals surface area contributed by atoms with E-state index >= 15 is 0 Å². The summed E-state index contributed by atoms with van der Waals surface area (Å²) in [5, 5.41) is 1.47. The Labute approximate surface area is 145 Å². The molecule has 0 saturated carbocycles. The molecule has 1 aromatic carbocycles. The number of halogens is 1. The Balaban J connectivity index is 2.01. The molecule has 0 bridgehead atoms. The fraction of sp³-hybridized carbons (Fsp3) is 0.444. The molecule has 0 N–H and O–H groups in total. The minimum Gasteiger partial charge on any atom is -0.468 e. The van der Waals surface area contributed by atoms with Gasteiger partial charge < -0.3 is 9.15 Å². The molecule has 3 rings (SSSR count). The number of ether oxygens (including phenoxy) is 1. The van der Waals surface area contributed by atoms with E-state index in [0.29, 0.717) is 17.2 Å². The van der Waals surface area contributed by atoms with Gasteiger partial charge in [-0.1, -0.05) is 18.5 Å². The molecule has 0 amide bonds. The number of nitrogens with zero attached hydrogens (tertiary/aromatic N) is 1. The predicted molar refractivity (Wildman–Crippen MR) is 92.3 cm³/mol. The minimum atomic E-state index is -0.393. The molecule has 1 aliphatic heterocycles. The van der Waals surface area contributed by atoms with Crippen molar-refractivity contribution in [2.24, 2.45) is 0 Å². The maximum absolute atomic E-state index is 11.9. The van der Waals surface area contributed by atoms with E-state index in [0.717, 1.165) is 42.3 Å². The van der Waals surface area contributed by atoms with E-state index in [1.165, 1.54) is 13.2 Å². The largest absolute Gasteiger partial charge is 0.468 e. The molecule has 2 aromatic rings. The van der Waals surface area contributed by atoms with E-state index in [-0.39, 0.29) is 12.0 Å². The van der Waals surface area contributed by atoms with Crippen LogP contribution >= 0.6 is 11.6 Å². The molecule has 1 fully saturated rings. The maximum Gasteiger partial charge on any atom is 0.336 e. The lowest BCUT2D eigenvalue weighted by atomic mass is 10.1. The van der Waals surface area contributed by atoms with Gasteiger partial charge >= 0.3 is 11.6 Å². The van der Waals surface area contributed by atoms with Crippen LogP contribution in [0, 0.1) is 0 Å². The minimum absolute atomic E-state index is 0.230. The first kappa shape index (κ1) is 17.0. The molecular formula is C18H20ClNO4. The Hall–Kier alpha value is -1.85. The van der Waals surface area contributed by atoms with Crippen LogP contribution in [0.25, 0.3) is 11.0 Å². The highest BCUT2D eigenvalue weighted by molar-refractivity contribution is 6.32. The number of methoxy groups -OCH3 is 1. The summed E-state index contributed by atoms with van der Waals surface area (Å²) in [6.07, 6.45) is 2.46. The van der Waals surface area contributed by atoms with Gasteiger partial charge in [-0.25, -0.2) is 4.79 Å². The van der Waals surface area contributed by atoms with Gasteiger partial charge in [0.25, 0.3) is 0 Å². The highest BCUT2D eigenvalue weighted by atomic mass is 35.5. The van der Waals surface area contributed by atoms with Crippen molar-refractivity contribution in [1.29, 1.82) is 0 Å². The van der Waals surface area contributed by atoms with Crippen LogP contribution in [0.1, 0.15) is 30.9 Å². The quantitative estimate of drug-likeness (QED) is 0.627. The van der Waals surface area contributed by atoms with Crippen LogP contribution in [0.4, 0.5) is 0 Å². The number of rotatable bonds is 4. The zero-order chi connectivity index (χ0) is 17.3. The normalized spacial score (nSPS) is 18.2. The standard InChI is InChI=1S/C18H20ClNO4/c1-3-11-7-16-13(9-14(11)19)12(8-17(21)24-16)10-20-6-4-5-15(20)18(22)23-2/h7-9,15H,3-6,10H2,1-2H3. The molecule has 24 heavy (non-hydrogen) atoms. The molecule has 0 radical (unpaired) electrons. The van der Waals surface area contributed by atoms with Crippen LogP contribution in [0.2, 0.25) is 5.02 Å². The SMILES string of the molecule is CCc1cc2oc(=O)cc(CN3CCCC3C(=O)OC)c2cc1Cl. The number of likely N-dealkylation sites (tertiary alicyclic amines) is 1. The molecule has 6 heteroatoms. The Kier molecular flexibility index (Phi) is 4.92. The number of aryl methyl sites for hydroxylation is 1. The van der Waals surface area contributed by atoms with Gasteiger partial charge in [-0.15, -0.1) is 0 Å². The molecule has 2 heterocycles. The van der Waals surface area contributed by atoms with Crippen molar-refractivity contribution in [3.63, 3.8) is 0 Å². The Bertz CT molecular complexity index is 830. The molecule has 0 aliphatic carbocycles. The topological polar surface area (TPSA) is 59.8 Å². The molecule has 1 atom stereocenters. The first-order valence-electron chi connectivity index (χ1n) is 8.10. The third kappa shape index (κ3) is 3.19. The molecule has 1 aromatic heterocycles. The number of fused-ring (bicyclic) bond motifs is 1. The number of hydrogen-bond donors (Lipinski definition) is 0. The van der Waals surface area contributed by atoms with Gasteiger partial charge in [-0.05, 0) is 49.1 Å². The van der Waals surface area contributed by atoms with Crippen molar-refractivity contribution in [2.45, 2.75) is 38.8 Å². The first-order valence-corrected chi connectivity index (χ1v) is 8.48. The summed E-state index contributed by atoms with van der Waals surface area (Å²) >= 11 is 6.33. The second-order valence-corrected chi connectivity index (χ2v) is 6.44. The lowest BCUT2D eigenvalue weighted by Crippen LogP contribution is -2.36. The van der Waals surface area contributed by atoms with Crippen molar-refractivity contribution in [2.75, 3.05) is 13.7 Å². The van der Waals surface area contributed by atoms with E-state index in [9.17, 15) is 9.59 Å². The second kappa shape index (κ2) is 6.95. The van der Waals surface area contributed by atoms with Crippen molar-refractivity contribution < 1.29 is 13.9 Å². The summed E-state index contributed by atoms with van der Waals surface area (Å²) in [4.78, 5) is 25.9. The number of benzene rings is 1.